The molecule has 0 aliphatic carbocycles. The molecule has 8 nitrogen and oxygen atoms in total. The Morgan fingerprint density at radius 1 is 1.13 bits per heavy atom. The molecule has 0 radical (unpaired) electrons. The minimum atomic E-state index is -0.609. The second-order valence-corrected chi connectivity index (χ2v) is 8.64. The molecular weight excluding hydrogens is 386 g/mol. The summed E-state index contributed by atoms with van der Waals surface area (Å²) in [6.45, 7) is 10.2. The Hall–Kier alpha value is -2.77. The Balaban J connectivity index is 1.67. The zero-order chi connectivity index (χ0) is 22.3. The Morgan fingerprint density at radius 3 is 2.40 bits per heavy atom. The van der Waals surface area contributed by atoms with E-state index in [1.165, 1.54) is 0 Å². The van der Waals surface area contributed by atoms with Crippen LogP contribution in [0.25, 0.3) is 0 Å². The Labute approximate surface area is 178 Å². The van der Waals surface area contributed by atoms with Crippen LogP contribution in [0.3, 0.4) is 0 Å². The molecule has 166 valence electrons. The molecule has 2 N–H and O–H groups in total. The Morgan fingerprint density at radius 2 is 1.80 bits per heavy atom. The van der Waals surface area contributed by atoms with E-state index in [4.69, 9.17) is 9.47 Å². The standard InChI is InChI=1S/C22H33N3O5/c1-15-6-7-18(16(2)12-15)29-14-19(26)24-17-8-10-25(11-9-17)20(27)13-23-21(28)30-22(3,4)5/h6-7,12,17H,8-11,13-14H2,1-5H3,(H,23,28)(H,24,26). The number of ether oxygens (including phenoxy) is 2. The Kier molecular flexibility index (Phi) is 8.08. The zero-order valence-corrected chi connectivity index (χ0v) is 18.5. The van der Waals surface area contributed by atoms with Crippen molar-refractivity contribution in [1.82, 2.24) is 15.5 Å². The second-order valence-electron chi connectivity index (χ2n) is 8.64. The first kappa shape index (κ1) is 23.5. The van der Waals surface area contributed by atoms with E-state index in [1.54, 1.807) is 25.7 Å². The van der Waals surface area contributed by atoms with Gasteiger partial charge in [-0.25, -0.2) is 4.79 Å². The molecule has 8 heteroatoms. The van der Waals surface area contributed by atoms with Crippen molar-refractivity contribution < 1.29 is 23.9 Å². The third-order valence-corrected chi connectivity index (χ3v) is 4.68. The van der Waals surface area contributed by atoms with Crippen molar-refractivity contribution in [2.24, 2.45) is 0 Å². The third-order valence-electron chi connectivity index (χ3n) is 4.68. The maximum atomic E-state index is 12.3. The van der Waals surface area contributed by atoms with Gasteiger partial charge in [-0.1, -0.05) is 17.7 Å². The lowest BCUT2D eigenvalue weighted by atomic mass is 10.0. The number of hydrogen-bond donors (Lipinski definition) is 2. The highest BCUT2D eigenvalue weighted by molar-refractivity contribution is 5.82. The van der Waals surface area contributed by atoms with Gasteiger partial charge < -0.3 is 25.0 Å². The highest BCUT2D eigenvalue weighted by atomic mass is 16.6. The second kappa shape index (κ2) is 10.3. The smallest absolute Gasteiger partial charge is 0.408 e. The molecule has 0 saturated carbocycles. The lowest BCUT2D eigenvalue weighted by molar-refractivity contribution is -0.131. The SMILES string of the molecule is Cc1ccc(OCC(=O)NC2CCN(C(=O)CNC(=O)OC(C)(C)C)CC2)c(C)c1. The number of nitrogens with one attached hydrogen (secondary N) is 2. The highest BCUT2D eigenvalue weighted by Gasteiger charge is 2.25. The van der Waals surface area contributed by atoms with Crippen LogP contribution in [0.15, 0.2) is 18.2 Å². The van der Waals surface area contributed by atoms with Crippen LogP contribution in [0.2, 0.25) is 0 Å². The normalized spacial score (nSPS) is 14.8. The molecule has 2 rings (SSSR count). The molecule has 1 saturated heterocycles. The van der Waals surface area contributed by atoms with E-state index in [0.717, 1.165) is 11.1 Å². The molecule has 0 spiro atoms. The molecule has 1 fully saturated rings. The molecule has 0 aromatic heterocycles. The molecule has 1 aliphatic rings. The van der Waals surface area contributed by atoms with Crippen molar-refractivity contribution in [3.05, 3.63) is 29.3 Å². The number of piperidine rings is 1. The lowest BCUT2D eigenvalue weighted by Crippen LogP contribution is -2.49. The fourth-order valence-electron chi connectivity index (χ4n) is 3.22. The summed E-state index contributed by atoms with van der Waals surface area (Å²) in [6.07, 6.45) is 0.711. The summed E-state index contributed by atoms with van der Waals surface area (Å²) in [6, 6.07) is 5.83. The summed E-state index contributed by atoms with van der Waals surface area (Å²) < 4.78 is 10.7. The van der Waals surface area contributed by atoms with Crippen molar-refractivity contribution in [3.8, 4) is 5.75 Å². The number of carbonyl (C=O) groups excluding carboxylic acids is 3. The minimum Gasteiger partial charge on any atom is -0.484 e. The summed E-state index contributed by atoms with van der Waals surface area (Å²) in [4.78, 5) is 37.8. The summed E-state index contributed by atoms with van der Waals surface area (Å²) in [5.74, 6) is 0.365. The zero-order valence-electron chi connectivity index (χ0n) is 18.5. The maximum Gasteiger partial charge on any atom is 0.408 e. The number of hydrogen-bond acceptors (Lipinski definition) is 5. The first-order valence-corrected chi connectivity index (χ1v) is 10.3. The monoisotopic (exact) mass is 419 g/mol. The third kappa shape index (κ3) is 7.93. The molecule has 1 aliphatic heterocycles. The first-order valence-electron chi connectivity index (χ1n) is 10.3. The number of carbonyl (C=O) groups is 3. The summed E-state index contributed by atoms with van der Waals surface area (Å²) in [7, 11) is 0. The van der Waals surface area contributed by atoms with Crippen LogP contribution in [0.1, 0.15) is 44.7 Å². The van der Waals surface area contributed by atoms with Gasteiger partial charge in [0.15, 0.2) is 6.61 Å². The average Bonchev–Trinajstić information content (AvgIpc) is 2.64. The number of benzene rings is 1. The van der Waals surface area contributed by atoms with Crippen LogP contribution in [0.4, 0.5) is 4.79 Å². The van der Waals surface area contributed by atoms with Gasteiger partial charge >= 0.3 is 6.09 Å². The highest BCUT2D eigenvalue weighted by Crippen LogP contribution is 2.18. The molecule has 0 bridgehead atoms. The van der Waals surface area contributed by atoms with E-state index in [9.17, 15) is 14.4 Å². The van der Waals surface area contributed by atoms with Gasteiger partial charge in [0.05, 0.1) is 0 Å². The Bertz CT molecular complexity index is 765. The van der Waals surface area contributed by atoms with Gasteiger partial charge in [0.1, 0.15) is 17.9 Å². The maximum absolute atomic E-state index is 12.3. The number of likely N-dealkylation sites (tertiary alicyclic amines) is 1. The van der Waals surface area contributed by atoms with Crippen molar-refractivity contribution in [2.45, 2.75) is 59.1 Å². The molecule has 0 atom stereocenters. The van der Waals surface area contributed by atoms with Gasteiger partial charge in [-0.15, -0.1) is 0 Å². The van der Waals surface area contributed by atoms with Gasteiger partial charge in [-0.2, -0.15) is 0 Å². The van der Waals surface area contributed by atoms with Crippen molar-refractivity contribution in [2.75, 3.05) is 26.2 Å². The van der Waals surface area contributed by atoms with E-state index in [2.05, 4.69) is 10.6 Å². The fraction of sp³-hybridized carbons (Fsp3) is 0.591. The van der Waals surface area contributed by atoms with E-state index >= 15 is 0 Å². The van der Waals surface area contributed by atoms with Crippen LogP contribution >= 0.6 is 0 Å². The average molecular weight is 420 g/mol. The quantitative estimate of drug-likeness (QED) is 0.738. The van der Waals surface area contributed by atoms with Crippen molar-refractivity contribution >= 4 is 17.9 Å². The van der Waals surface area contributed by atoms with Gasteiger partial charge in [0.25, 0.3) is 5.91 Å². The largest absolute Gasteiger partial charge is 0.484 e. The topological polar surface area (TPSA) is 97.0 Å². The van der Waals surface area contributed by atoms with E-state index in [1.807, 2.05) is 32.0 Å². The van der Waals surface area contributed by atoms with Gasteiger partial charge in [-0.05, 0) is 59.1 Å². The van der Waals surface area contributed by atoms with Gasteiger partial charge in [0.2, 0.25) is 5.91 Å². The molecule has 1 heterocycles. The molecule has 1 aromatic rings. The fourth-order valence-corrected chi connectivity index (χ4v) is 3.22. The summed E-state index contributed by atoms with van der Waals surface area (Å²) in [5.41, 5.74) is 1.53. The van der Waals surface area contributed by atoms with Crippen LogP contribution in [0.5, 0.6) is 5.75 Å². The van der Waals surface area contributed by atoms with Crippen LogP contribution in [0, 0.1) is 13.8 Å². The number of nitrogens with zero attached hydrogens (tertiary/aromatic N) is 1. The number of alkyl carbamates (subject to hydrolysis) is 1. The minimum absolute atomic E-state index is 0.00285. The molecule has 30 heavy (non-hydrogen) atoms. The summed E-state index contributed by atoms with van der Waals surface area (Å²) >= 11 is 0. The van der Waals surface area contributed by atoms with Crippen molar-refractivity contribution in [1.29, 1.82) is 0 Å². The van der Waals surface area contributed by atoms with Crippen LogP contribution in [-0.4, -0.2) is 60.7 Å². The van der Waals surface area contributed by atoms with E-state index < -0.39 is 11.7 Å². The predicted octanol–water partition coefficient (Wildman–Crippen LogP) is 2.31. The van der Waals surface area contributed by atoms with Crippen LogP contribution < -0.4 is 15.4 Å². The molecule has 3 amide bonds. The molecule has 0 unspecified atom stereocenters. The number of aryl methyl sites for hydroxylation is 2. The lowest BCUT2D eigenvalue weighted by Gasteiger charge is -2.32. The van der Waals surface area contributed by atoms with E-state index in [0.29, 0.717) is 31.7 Å². The van der Waals surface area contributed by atoms with Crippen molar-refractivity contribution in [3.63, 3.8) is 0 Å². The first-order chi connectivity index (χ1) is 14.0. The number of rotatable bonds is 6. The van der Waals surface area contributed by atoms with Gasteiger partial charge in [0, 0.05) is 19.1 Å². The molecular formula is C22H33N3O5. The van der Waals surface area contributed by atoms with Gasteiger partial charge in [-0.3, -0.25) is 9.59 Å². The molecule has 1 aromatic carbocycles. The summed E-state index contributed by atoms with van der Waals surface area (Å²) in [5, 5.41) is 5.45. The number of amides is 3. The van der Waals surface area contributed by atoms with E-state index in [-0.39, 0.29) is 31.0 Å². The predicted molar refractivity (Wildman–Crippen MR) is 113 cm³/mol. The van der Waals surface area contributed by atoms with Crippen LogP contribution in [-0.2, 0) is 14.3 Å².